The lowest BCUT2D eigenvalue weighted by molar-refractivity contribution is -0.125. The first kappa shape index (κ1) is 23.1. The highest BCUT2D eigenvalue weighted by atomic mass is 16.6. The van der Waals surface area contributed by atoms with Crippen LogP contribution in [0, 0.1) is 24.7 Å². The number of rotatable bonds is 6. The van der Waals surface area contributed by atoms with Gasteiger partial charge in [0.15, 0.2) is 0 Å². The molecule has 1 aromatic rings. The van der Waals surface area contributed by atoms with Gasteiger partial charge in [-0.3, -0.25) is 9.79 Å². The van der Waals surface area contributed by atoms with Gasteiger partial charge in [0.05, 0.1) is 5.54 Å². The Kier molecular flexibility index (Phi) is 6.35. The Balaban J connectivity index is 1.48. The number of likely N-dealkylation sites (tertiary alicyclic amines) is 1. The molecule has 2 fully saturated rings. The summed E-state index contributed by atoms with van der Waals surface area (Å²) < 4.78 is 11.4. The molecule has 1 saturated carbocycles. The van der Waals surface area contributed by atoms with E-state index in [2.05, 4.69) is 10.3 Å². The maximum Gasteiger partial charge on any atom is 0.410 e. The van der Waals surface area contributed by atoms with Gasteiger partial charge in [-0.25, -0.2) is 4.79 Å². The molecular formula is C24H35N3O4. The Morgan fingerprint density at radius 1 is 1.19 bits per heavy atom. The average Bonchev–Trinajstić information content (AvgIpc) is 3.14. The molecule has 1 aromatic carbocycles. The van der Waals surface area contributed by atoms with Gasteiger partial charge < -0.3 is 19.7 Å². The number of fused-ring (bicyclic) bond motifs is 1. The molecule has 1 aliphatic carbocycles. The fraction of sp³-hybridized carbons (Fsp3) is 0.625. The number of piperidine rings is 1. The van der Waals surface area contributed by atoms with Crippen molar-refractivity contribution in [2.45, 2.75) is 52.7 Å². The third kappa shape index (κ3) is 5.77. The molecule has 7 heteroatoms. The van der Waals surface area contributed by atoms with E-state index in [1.807, 2.05) is 59.7 Å². The first-order chi connectivity index (χ1) is 14.4. The molecule has 0 aromatic heterocycles. The van der Waals surface area contributed by atoms with Gasteiger partial charge in [0, 0.05) is 32.3 Å². The quantitative estimate of drug-likeness (QED) is 0.703. The van der Waals surface area contributed by atoms with E-state index >= 15 is 0 Å². The van der Waals surface area contributed by atoms with Gasteiger partial charge in [-0.1, -0.05) is 0 Å². The number of ether oxygens (including phenoxy) is 2. The monoisotopic (exact) mass is 429 g/mol. The maximum atomic E-state index is 12.8. The van der Waals surface area contributed by atoms with E-state index in [0.29, 0.717) is 19.7 Å². The first-order valence-electron chi connectivity index (χ1n) is 10.9. The number of nitrogens with zero attached hydrogens (tertiary/aromatic N) is 2. The standard InChI is InChI=1S/C24H35N3O4/c1-15-10-16(11-25-7)8-9-19(15)30-14-24(5,6)26-21(28)20-17-12-27(13-18(17)20)22(29)31-23(2,3)4/h8-11,17-18,20H,12-14H2,1-7H3,(H,26,28). The Morgan fingerprint density at radius 2 is 1.84 bits per heavy atom. The highest BCUT2D eigenvalue weighted by molar-refractivity contribution is 5.84. The van der Waals surface area contributed by atoms with Gasteiger partial charge in [0.2, 0.25) is 5.91 Å². The van der Waals surface area contributed by atoms with Gasteiger partial charge in [0.25, 0.3) is 0 Å². The summed E-state index contributed by atoms with van der Waals surface area (Å²) >= 11 is 0. The van der Waals surface area contributed by atoms with Gasteiger partial charge >= 0.3 is 6.09 Å². The smallest absolute Gasteiger partial charge is 0.410 e. The molecule has 2 atom stereocenters. The molecule has 1 N–H and O–H groups in total. The van der Waals surface area contributed by atoms with Crippen LogP contribution in [0.4, 0.5) is 4.79 Å². The van der Waals surface area contributed by atoms with Crippen LogP contribution >= 0.6 is 0 Å². The van der Waals surface area contributed by atoms with Gasteiger partial charge in [-0.15, -0.1) is 0 Å². The van der Waals surface area contributed by atoms with E-state index in [4.69, 9.17) is 9.47 Å². The lowest BCUT2D eigenvalue weighted by Crippen LogP contribution is -2.49. The summed E-state index contributed by atoms with van der Waals surface area (Å²) in [6, 6.07) is 5.92. The van der Waals surface area contributed by atoms with Crippen LogP contribution in [0.1, 0.15) is 45.7 Å². The number of carbonyl (C=O) groups excluding carboxylic acids is 2. The van der Waals surface area contributed by atoms with E-state index in [9.17, 15) is 9.59 Å². The number of aliphatic imine (C=N–C) groups is 1. The molecule has 2 unspecified atom stereocenters. The number of hydrogen-bond acceptors (Lipinski definition) is 5. The largest absolute Gasteiger partial charge is 0.491 e. The second-order valence-corrected chi connectivity index (χ2v) is 10.3. The molecule has 1 aliphatic heterocycles. The molecule has 0 radical (unpaired) electrons. The highest BCUT2D eigenvalue weighted by Gasteiger charge is 2.61. The summed E-state index contributed by atoms with van der Waals surface area (Å²) in [5.74, 6) is 1.25. The molecule has 1 heterocycles. The van der Waals surface area contributed by atoms with Crippen molar-refractivity contribution in [1.29, 1.82) is 0 Å². The van der Waals surface area contributed by atoms with Crippen LogP contribution in [0.25, 0.3) is 0 Å². The Labute approximate surface area is 185 Å². The SMILES string of the molecule is CN=Cc1ccc(OCC(C)(C)NC(=O)C2C3CN(C(=O)OC(C)(C)C)CC32)c(C)c1. The Bertz CT molecular complexity index is 860. The minimum Gasteiger partial charge on any atom is -0.491 e. The van der Waals surface area contributed by atoms with Crippen LogP contribution in [0.3, 0.4) is 0 Å². The number of hydrogen-bond donors (Lipinski definition) is 1. The van der Waals surface area contributed by atoms with Crippen molar-refractivity contribution in [3.8, 4) is 5.75 Å². The van der Waals surface area contributed by atoms with Crippen molar-refractivity contribution in [2.75, 3.05) is 26.7 Å². The topological polar surface area (TPSA) is 80.2 Å². The second-order valence-electron chi connectivity index (χ2n) is 10.3. The molecule has 31 heavy (non-hydrogen) atoms. The average molecular weight is 430 g/mol. The van der Waals surface area contributed by atoms with Crippen molar-refractivity contribution in [3.05, 3.63) is 29.3 Å². The molecule has 7 nitrogen and oxygen atoms in total. The van der Waals surface area contributed by atoms with Crippen molar-refractivity contribution >= 4 is 18.2 Å². The zero-order chi connectivity index (χ0) is 23.0. The summed E-state index contributed by atoms with van der Waals surface area (Å²) in [7, 11) is 1.74. The van der Waals surface area contributed by atoms with E-state index in [-0.39, 0.29) is 29.8 Å². The normalized spacial score (nSPS) is 22.9. The number of amides is 2. The summed E-state index contributed by atoms with van der Waals surface area (Å²) in [6.07, 6.45) is 1.51. The minimum atomic E-state index is -0.507. The molecule has 3 rings (SSSR count). The number of aryl methyl sites for hydroxylation is 1. The summed E-state index contributed by atoms with van der Waals surface area (Å²) in [4.78, 5) is 30.8. The molecule has 0 bridgehead atoms. The fourth-order valence-electron chi connectivity index (χ4n) is 4.17. The van der Waals surface area contributed by atoms with Crippen molar-refractivity contribution in [1.82, 2.24) is 10.2 Å². The highest BCUT2D eigenvalue weighted by Crippen LogP contribution is 2.52. The van der Waals surface area contributed by atoms with Gasteiger partial charge in [-0.05, 0) is 82.7 Å². The fourth-order valence-corrected chi connectivity index (χ4v) is 4.17. The van der Waals surface area contributed by atoms with Crippen LogP contribution in [0.5, 0.6) is 5.75 Å². The molecule has 2 aliphatic rings. The van der Waals surface area contributed by atoms with Crippen LogP contribution in [0.2, 0.25) is 0 Å². The molecule has 170 valence electrons. The zero-order valence-corrected chi connectivity index (χ0v) is 19.7. The second kappa shape index (κ2) is 8.52. The van der Waals surface area contributed by atoms with Crippen molar-refractivity contribution in [2.24, 2.45) is 22.7 Å². The lowest BCUT2D eigenvalue weighted by Gasteiger charge is -2.28. The molecule has 2 amide bonds. The predicted molar refractivity (Wildman–Crippen MR) is 121 cm³/mol. The van der Waals surface area contributed by atoms with Gasteiger partial charge in [0.1, 0.15) is 18.0 Å². The number of carbonyl (C=O) groups is 2. The van der Waals surface area contributed by atoms with E-state index < -0.39 is 11.1 Å². The van der Waals surface area contributed by atoms with Crippen LogP contribution in [-0.4, -0.2) is 61.0 Å². The lowest BCUT2D eigenvalue weighted by atomic mass is 10.1. The minimum absolute atomic E-state index is 0.0349. The summed E-state index contributed by atoms with van der Waals surface area (Å²) in [5.41, 5.74) is 1.04. The van der Waals surface area contributed by atoms with Crippen LogP contribution in [-0.2, 0) is 9.53 Å². The Morgan fingerprint density at radius 3 is 2.39 bits per heavy atom. The van der Waals surface area contributed by atoms with Crippen molar-refractivity contribution < 1.29 is 19.1 Å². The van der Waals surface area contributed by atoms with E-state index in [1.54, 1.807) is 18.2 Å². The number of benzene rings is 1. The first-order valence-corrected chi connectivity index (χ1v) is 10.9. The zero-order valence-electron chi connectivity index (χ0n) is 19.7. The third-order valence-electron chi connectivity index (χ3n) is 5.68. The van der Waals surface area contributed by atoms with Gasteiger partial charge in [-0.2, -0.15) is 0 Å². The third-order valence-corrected chi connectivity index (χ3v) is 5.68. The van der Waals surface area contributed by atoms with E-state index in [0.717, 1.165) is 16.9 Å². The van der Waals surface area contributed by atoms with E-state index in [1.165, 1.54) is 0 Å². The van der Waals surface area contributed by atoms with Crippen LogP contribution < -0.4 is 10.1 Å². The Hall–Kier alpha value is -2.57. The van der Waals surface area contributed by atoms with Crippen molar-refractivity contribution in [3.63, 3.8) is 0 Å². The molecule has 1 saturated heterocycles. The number of nitrogens with one attached hydrogen (secondary N) is 1. The summed E-state index contributed by atoms with van der Waals surface area (Å²) in [5, 5.41) is 3.13. The van der Waals surface area contributed by atoms with Crippen LogP contribution in [0.15, 0.2) is 23.2 Å². The summed E-state index contributed by atoms with van der Waals surface area (Å²) in [6.45, 7) is 13.0. The molecule has 0 spiro atoms. The predicted octanol–water partition coefficient (Wildman–Crippen LogP) is 3.43. The maximum absolute atomic E-state index is 12.8. The molecular weight excluding hydrogens is 394 g/mol.